The Hall–Kier alpha value is -3.10. The van der Waals surface area contributed by atoms with E-state index in [4.69, 9.17) is 5.11 Å². The van der Waals surface area contributed by atoms with Gasteiger partial charge in [0.1, 0.15) is 11.4 Å². The van der Waals surface area contributed by atoms with Gasteiger partial charge in [0.2, 0.25) is 0 Å². The molecule has 1 atom stereocenters. The van der Waals surface area contributed by atoms with Gasteiger partial charge in [0.15, 0.2) is 0 Å². The van der Waals surface area contributed by atoms with Crippen molar-refractivity contribution in [2.24, 2.45) is 0 Å². The zero-order valence-corrected chi connectivity index (χ0v) is 14.3. The highest BCUT2D eigenvalue weighted by atomic mass is 16.4. The van der Waals surface area contributed by atoms with Crippen LogP contribution in [0.4, 0.5) is 4.79 Å². The number of likely N-dealkylation sites (tertiary alicyclic amines) is 1. The maximum atomic E-state index is 12.9. The third-order valence-corrected chi connectivity index (χ3v) is 5.06. The van der Waals surface area contributed by atoms with Crippen molar-refractivity contribution in [3.8, 4) is 5.69 Å². The van der Waals surface area contributed by atoms with Gasteiger partial charge in [-0.05, 0) is 25.5 Å². The number of pyridine rings is 1. The maximum Gasteiger partial charge on any atom is 0.407 e. The Morgan fingerprint density at radius 1 is 1.23 bits per heavy atom. The van der Waals surface area contributed by atoms with Gasteiger partial charge in [-0.25, -0.2) is 9.78 Å². The summed E-state index contributed by atoms with van der Waals surface area (Å²) in [5.74, 6) is -0.223. The molecule has 2 aliphatic rings. The van der Waals surface area contributed by atoms with Crippen LogP contribution in [0.3, 0.4) is 0 Å². The minimum atomic E-state index is -0.964. The average molecular weight is 357 g/mol. The molecule has 0 spiro atoms. The van der Waals surface area contributed by atoms with Crippen LogP contribution in [-0.2, 0) is 6.54 Å². The number of nitrogens with zero attached hydrogens (tertiary/aromatic N) is 5. The summed E-state index contributed by atoms with van der Waals surface area (Å²) in [5.41, 5.74) is 1.37. The molecule has 1 saturated heterocycles. The van der Waals surface area contributed by atoms with E-state index in [0.717, 1.165) is 5.69 Å². The van der Waals surface area contributed by atoms with Crippen molar-refractivity contribution in [2.75, 3.05) is 19.6 Å². The van der Waals surface area contributed by atoms with Gasteiger partial charge in [0.05, 0.1) is 18.1 Å². The molecule has 4 rings (SSSR count). The van der Waals surface area contributed by atoms with Gasteiger partial charge in [-0.3, -0.25) is 9.59 Å². The Morgan fingerprint density at radius 2 is 2.04 bits per heavy atom. The number of aryl methyl sites for hydroxylation is 1. The fourth-order valence-electron chi connectivity index (χ4n) is 3.70. The fourth-order valence-corrected chi connectivity index (χ4v) is 3.70. The van der Waals surface area contributed by atoms with Crippen LogP contribution < -0.4 is 5.56 Å². The van der Waals surface area contributed by atoms with Gasteiger partial charge in [-0.2, -0.15) is 0 Å². The predicted octanol–water partition coefficient (Wildman–Crippen LogP) is 0.551. The van der Waals surface area contributed by atoms with Gasteiger partial charge in [0, 0.05) is 32.4 Å². The second-order valence-electron chi connectivity index (χ2n) is 6.65. The van der Waals surface area contributed by atoms with Crippen LogP contribution in [0.15, 0.2) is 29.5 Å². The molecule has 0 unspecified atom stereocenters. The molecule has 9 heteroatoms. The standard InChI is InChI=1S/C17H19N5O4/c1-11-8-20(10-18-11)13-2-3-14-16(24)21(6-7-22(14)15(13)23)12-4-5-19(9-12)17(25)26/h2-3,8,10,12H,4-7,9H2,1H3,(H,25,26)/t12-/m1/s1. The lowest BCUT2D eigenvalue weighted by Gasteiger charge is -2.34. The van der Waals surface area contributed by atoms with Crippen molar-refractivity contribution in [3.05, 3.63) is 46.4 Å². The number of hydrogen-bond donors (Lipinski definition) is 1. The van der Waals surface area contributed by atoms with E-state index < -0.39 is 6.09 Å². The molecule has 26 heavy (non-hydrogen) atoms. The molecule has 1 fully saturated rings. The van der Waals surface area contributed by atoms with Crippen LogP contribution in [0.2, 0.25) is 0 Å². The predicted molar refractivity (Wildman–Crippen MR) is 91.6 cm³/mol. The molecule has 2 aliphatic heterocycles. The molecule has 9 nitrogen and oxygen atoms in total. The van der Waals surface area contributed by atoms with Gasteiger partial charge in [-0.15, -0.1) is 0 Å². The highest BCUT2D eigenvalue weighted by Crippen LogP contribution is 2.21. The number of fused-ring (bicyclic) bond motifs is 1. The van der Waals surface area contributed by atoms with Gasteiger partial charge < -0.3 is 24.0 Å². The Bertz CT molecular complexity index is 947. The Kier molecular flexibility index (Phi) is 3.78. The minimum absolute atomic E-state index is 0.140. The van der Waals surface area contributed by atoms with Crippen molar-refractivity contribution >= 4 is 12.0 Å². The number of carboxylic acid groups (broad SMARTS) is 1. The summed E-state index contributed by atoms with van der Waals surface area (Å²) in [6.07, 6.45) is 3.00. The van der Waals surface area contributed by atoms with Crippen LogP contribution in [0.5, 0.6) is 0 Å². The van der Waals surface area contributed by atoms with Crippen LogP contribution in [-0.4, -0.2) is 66.7 Å². The smallest absolute Gasteiger partial charge is 0.407 e. The number of imidazole rings is 1. The van der Waals surface area contributed by atoms with E-state index >= 15 is 0 Å². The summed E-state index contributed by atoms with van der Waals surface area (Å²) in [6, 6.07) is 3.15. The van der Waals surface area contributed by atoms with Crippen LogP contribution in [0, 0.1) is 6.92 Å². The molecule has 136 valence electrons. The second-order valence-corrected chi connectivity index (χ2v) is 6.65. The molecular formula is C17H19N5O4. The van der Waals surface area contributed by atoms with Gasteiger partial charge in [0.25, 0.3) is 11.5 Å². The Morgan fingerprint density at radius 3 is 2.69 bits per heavy atom. The van der Waals surface area contributed by atoms with E-state index in [1.165, 1.54) is 9.47 Å². The third-order valence-electron chi connectivity index (χ3n) is 5.06. The summed E-state index contributed by atoms with van der Waals surface area (Å²) >= 11 is 0. The highest BCUT2D eigenvalue weighted by molar-refractivity contribution is 5.93. The Labute approximate surface area is 149 Å². The SMILES string of the molecule is Cc1cn(-c2ccc3n(c2=O)CCN([C@@H]2CCN(C(=O)O)C2)C3=O)cn1. The largest absolute Gasteiger partial charge is 0.465 e. The van der Waals surface area contributed by atoms with Crippen LogP contribution in [0.1, 0.15) is 22.6 Å². The molecule has 2 amide bonds. The molecule has 0 radical (unpaired) electrons. The minimum Gasteiger partial charge on any atom is -0.465 e. The van der Waals surface area contributed by atoms with Crippen molar-refractivity contribution in [1.82, 2.24) is 23.9 Å². The van der Waals surface area contributed by atoms with Crippen LogP contribution in [0.25, 0.3) is 5.69 Å². The first-order valence-corrected chi connectivity index (χ1v) is 8.49. The van der Waals surface area contributed by atoms with Gasteiger partial charge in [-0.1, -0.05) is 0 Å². The summed E-state index contributed by atoms with van der Waals surface area (Å²) in [6.45, 7) is 3.38. The molecule has 0 bridgehead atoms. The maximum absolute atomic E-state index is 12.9. The van der Waals surface area contributed by atoms with Crippen molar-refractivity contribution < 1.29 is 14.7 Å². The van der Waals surface area contributed by atoms with Crippen molar-refractivity contribution in [1.29, 1.82) is 0 Å². The van der Waals surface area contributed by atoms with E-state index in [0.29, 0.717) is 44.0 Å². The molecule has 0 aliphatic carbocycles. The highest BCUT2D eigenvalue weighted by Gasteiger charge is 2.36. The molecule has 4 heterocycles. The zero-order chi connectivity index (χ0) is 18.4. The van der Waals surface area contributed by atoms with E-state index in [9.17, 15) is 14.4 Å². The fraction of sp³-hybridized carbons (Fsp3) is 0.412. The van der Waals surface area contributed by atoms with E-state index in [2.05, 4.69) is 4.98 Å². The number of carbonyl (C=O) groups excluding carboxylic acids is 1. The average Bonchev–Trinajstić information content (AvgIpc) is 3.25. The summed E-state index contributed by atoms with van der Waals surface area (Å²) < 4.78 is 3.15. The van der Waals surface area contributed by atoms with Crippen molar-refractivity contribution in [3.63, 3.8) is 0 Å². The third kappa shape index (κ3) is 2.56. The molecule has 0 saturated carbocycles. The molecule has 2 aromatic heterocycles. The second kappa shape index (κ2) is 6.01. The lowest BCUT2D eigenvalue weighted by molar-refractivity contribution is 0.0616. The topological polar surface area (TPSA) is 101 Å². The monoisotopic (exact) mass is 357 g/mol. The molecule has 0 aromatic carbocycles. The molecule has 1 N–H and O–H groups in total. The lowest BCUT2D eigenvalue weighted by atomic mass is 10.1. The first-order valence-electron chi connectivity index (χ1n) is 8.49. The quantitative estimate of drug-likeness (QED) is 0.846. The van der Waals surface area contributed by atoms with Gasteiger partial charge >= 0.3 is 6.09 Å². The summed E-state index contributed by atoms with van der Waals surface area (Å²) in [4.78, 5) is 43.9. The lowest BCUT2D eigenvalue weighted by Crippen LogP contribution is -2.50. The normalized spacial score (nSPS) is 19.7. The van der Waals surface area contributed by atoms with Crippen LogP contribution >= 0.6 is 0 Å². The molecular weight excluding hydrogens is 338 g/mol. The zero-order valence-electron chi connectivity index (χ0n) is 14.3. The number of hydrogen-bond acceptors (Lipinski definition) is 4. The first kappa shape index (κ1) is 16.4. The number of amides is 2. The number of rotatable bonds is 2. The first-order chi connectivity index (χ1) is 12.5. The molecule has 2 aromatic rings. The summed E-state index contributed by atoms with van der Waals surface area (Å²) in [5, 5.41) is 9.10. The van der Waals surface area contributed by atoms with Crippen molar-refractivity contribution in [2.45, 2.75) is 25.9 Å². The van der Waals surface area contributed by atoms with E-state index in [-0.39, 0.29) is 17.5 Å². The van der Waals surface area contributed by atoms with E-state index in [1.54, 1.807) is 34.1 Å². The Balaban J connectivity index is 1.63. The number of carbonyl (C=O) groups is 2. The number of aromatic nitrogens is 3. The summed E-state index contributed by atoms with van der Waals surface area (Å²) in [7, 11) is 0. The van der Waals surface area contributed by atoms with E-state index in [1.807, 2.05) is 6.92 Å².